The number of ether oxygens (including phenoxy) is 2. The van der Waals surface area contributed by atoms with Gasteiger partial charge in [0.2, 0.25) is 0 Å². The molecule has 0 aliphatic heterocycles. The van der Waals surface area contributed by atoms with Crippen LogP contribution in [0.15, 0.2) is 23.6 Å². The molecule has 0 fully saturated rings. The Bertz CT molecular complexity index is 505. The second-order valence-electron chi connectivity index (χ2n) is 3.73. The van der Waals surface area contributed by atoms with Crippen LogP contribution in [0.25, 0.3) is 0 Å². The van der Waals surface area contributed by atoms with Crippen molar-refractivity contribution in [2.75, 3.05) is 7.11 Å². The van der Waals surface area contributed by atoms with Crippen LogP contribution in [0, 0.1) is 6.92 Å². The number of benzene rings is 1. The molecule has 2 aromatic rings. The van der Waals surface area contributed by atoms with E-state index in [1.165, 1.54) is 0 Å². The summed E-state index contributed by atoms with van der Waals surface area (Å²) in [5, 5.41) is 3.79. The maximum absolute atomic E-state index is 5.84. The number of alkyl halides is 1. The second kappa shape index (κ2) is 6.20. The van der Waals surface area contributed by atoms with Gasteiger partial charge in [0, 0.05) is 16.3 Å². The molecular weight excluding hydrogens is 314 g/mol. The summed E-state index contributed by atoms with van der Waals surface area (Å²) in [5.41, 5.74) is 2.02. The van der Waals surface area contributed by atoms with Gasteiger partial charge in [-0.05, 0) is 13.0 Å². The van der Waals surface area contributed by atoms with Crippen molar-refractivity contribution in [1.82, 2.24) is 4.98 Å². The highest BCUT2D eigenvalue weighted by Crippen LogP contribution is 2.33. The van der Waals surface area contributed by atoms with Gasteiger partial charge in [0.25, 0.3) is 0 Å². The number of nitrogens with zero attached hydrogens (tertiary/aromatic N) is 1. The van der Waals surface area contributed by atoms with Crippen LogP contribution in [0.5, 0.6) is 11.5 Å². The summed E-state index contributed by atoms with van der Waals surface area (Å²) in [5.74, 6) is 1.53. The fraction of sp³-hybridized carbons (Fsp3) is 0.308. The zero-order chi connectivity index (χ0) is 13.0. The van der Waals surface area contributed by atoms with E-state index in [1.54, 1.807) is 18.4 Å². The van der Waals surface area contributed by atoms with E-state index in [2.05, 4.69) is 20.9 Å². The molecule has 1 aromatic heterocycles. The van der Waals surface area contributed by atoms with Gasteiger partial charge in [0.1, 0.15) is 6.61 Å². The monoisotopic (exact) mass is 327 g/mol. The van der Waals surface area contributed by atoms with Crippen LogP contribution in [0.2, 0.25) is 0 Å². The molecule has 1 heterocycles. The van der Waals surface area contributed by atoms with E-state index in [0.29, 0.717) is 6.61 Å². The largest absolute Gasteiger partial charge is 0.493 e. The van der Waals surface area contributed by atoms with Crippen LogP contribution in [0.4, 0.5) is 0 Å². The molecule has 0 saturated heterocycles. The van der Waals surface area contributed by atoms with Crippen LogP contribution >= 0.6 is 27.3 Å². The van der Waals surface area contributed by atoms with Gasteiger partial charge in [-0.1, -0.05) is 28.1 Å². The molecular formula is C13H14BrNO2S. The van der Waals surface area contributed by atoms with Gasteiger partial charge in [-0.15, -0.1) is 11.3 Å². The lowest BCUT2D eigenvalue weighted by molar-refractivity contribution is 0.279. The third kappa shape index (κ3) is 3.03. The molecule has 1 aromatic carbocycles. The van der Waals surface area contributed by atoms with Gasteiger partial charge in [-0.25, -0.2) is 4.98 Å². The number of hydrogen-bond acceptors (Lipinski definition) is 4. The van der Waals surface area contributed by atoms with Crippen molar-refractivity contribution in [3.8, 4) is 11.5 Å². The summed E-state index contributed by atoms with van der Waals surface area (Å²) in [4.78, 5) is 4.38. The highest BCUT2D eigenvalue weighted by molar-refractivity contribution is 9.08. The molecule has 96 valence electrons. The first kappa shape index (κ1) is 13.4. The lowest BCUT2D eigenvalue weighted by atomic mass is 10.2. The van der Waals surface area contributed by atoms with Crippen molar-refractivity contribution in [2.24, 2.45) is 0 Å². The first-order chi connectivity index (χ1) is 8.74. The van der Waals surface area contributed by atoms with E-state index in [0.717, 1.165) is 33.1 Å². The maximum Gasteiger partial charge on any atom is 0.165 e. The number of para-hydroxylation sites is 1. The predicted octanol–water partition coefficient (Wildman–Crippen LogP) is 3.93. The molecule has 18 heavy (non-hydrogen) atoms. The summed E-state index contributed by atoms with van der Waals surface area (Å²) in [7, 11) is 1.65. The summed E-state index contributed by atoms with van der Waals surface area (Å²) in [6.45, 7) is 2.45. The van der Waals surface area contributed by atoms with Crippen LogP contribution in [0.1, 0.15) is 16.3 Å². The SMILES string of the molecule is COc1cccc(CBr)c1OCc1csc(C)n1. The highest BCUT2D eigenvalue weighted by atomic mass is 79.9. The topological polar surface area (TPSA) is 31.4 Å². The smallest absolute Gasteiger partial charge is 0.165 e. The lowest BCUT2D eigenvalue weighted by Crippen LogP contribution is -2.00. The number of hydrogen-bond donors (Lipinski definition) is 0. The number of rotatable bonds is 5. The minimum Gasteiger partial charge on any atom is -0.493 e. The number of methoxy groups -OCH3 is 1. The molecule has 0 bridgehead atoms. The average molecular weight is 328 g/mol. The Labute approximate surface area is 119 Å². The Morgan fingerprint density at radius 3 is 2.83 bits per heavy atom. The molecule has 3 nitrogen and oxygen atoms in total. The van der Waals surface area contributed by atoms with Gasteiger partial charge < -0.3 is 9.47 Å². The summed E-state index contributed by atoms with van der Waals surface area (Å²) in [6.07, 6.45) is 0. The summed E-state index contributed by atoms with van der Waals surface area (Å²) >= 11 is 5.08. The molecule has 0 unspecified atom stereocenters. The normalized spacial score (nSPS) is 10.4. The highest BCUT2D eigenvalue weighted by Gasteiger charge is 2.10. The molecule has 0 saturated carbocycles. The zero-order valence-electron chi connectivity index (χ0n) is 10.3. The van der Waals surface area contributed by atoms with E-state index in [9.17, 15) is 0 Å². The summed E-state index contributed by atoms with van der Waals surface area (Å²) in [6, 6.07) is 5.86. The molecule has 0 aliphatic carbocycles. The van der Waals surface area contributed by atoms with Crippen molar-refractivity contribution >= 4 is 27.3 Å². The fourth-order valence-corrected chi connectivity index (χ4v) is 2.65. The molecule has 0 atom stereocenters. The van der Waals surface area contributed by atoms with Crippen molar-refractivity contribution < 1.29 is 9.47 Å². The van der Waals surface area contributed by atoms with E-state index >= 15 is 0 Å². The Balaban J connectivity index is 2.17. The van der Waals surface area contributed by atoms with E-state index < -0.39 is 0 Å². The van der Waals surface area contributed by atoms with E-state index in [-0.39, 0.29) is 0 Å². The third-order valence-electron chi connectivity index (χ3n) is 2.46. The standard InChI is InChI=1S/C13H14BrNO2S/c1-9-15-11(8-18-9)7-17-13-10(6-14)4-3-5-12(13)16-2/h3-5,8H,6-7H2,1-2H3. The Morgan fingerprint density at radius 2 is 2.22 bits per heavy atom. The second-order valence-corrected chi connectivity index (χ2v) is 5.35. The maximum atomic E-state index is 5.84. The molecule has 0 aliphatic rings. The van der Waals surface area contributed by atoms with Crippen molar-refractivity contribution in [1.29, 1.82) is 0 Å². The predicted molar refractivity (Wildman–Crippen MR) is 76.8 cm³/mol. The molecule has 0 spiro atoms. The Hall–Kier alpha value is -1.07. The Morgan fingerprint density at radius 1 is 1.39 bits per heavy atom. The van der Waals surface area contributed by atoms with Gasteiger partial charge in [-0.2, -0.15) is 0 Å². The number of halogens is 1. The quantitative estimate of drug-likeness (QED) is 0.779. The molecule has 0 radical (unpaired) electrons. The summed E-state index contributed by atoms with van der Waals surface area (Å²) < 4.78 is 11.2. The minimum atomic E-state index is 0.463. The fourth-order valence-electron chi connectivity index (χ4n) is 1.61. The van der Waals surface area contributed by atoms with E-state index in [4.69, 9.17) is 9.47 Å². The Kier molecular flexibility index (Phi) is 4.60. The number of thiazole rings is 1. The van der Waals surface area contributed by atoms with Gasteiger partial charge in [0.15, 0.2) is 11.5 Å². The van der Waals surface area contributed by atoms with Crippen LogP contribution in [0.3, 0.4) is 0 Å². The van der Waals surface area contributed by atoms with Gasteiger partial charge in [-0.3, -0.25) is 0 Å². The van der Waals surface area contributed by atoms with Gasteiger partial charge >= 0.3 is 0 Å². The first-order valence-corrected chi connectivity index (χ1v) is 7.50. The van der Waals surface area contributed by atoms with E-state index in [1.807, 2.05) is 30.5 Å². The lowest BCUT2D eigenvalue weighted by Gasteiger charge is -2.13. The molecule has 2 rings (SSSR count). The molecule has 0 amide bonds. The average Bonchev–Trinajstić information content (AvgIpc) is 2.81. The van der Waals surface area contributed by atoms with Crippen molar-refractivity contribution in [3.63, 3.8) is 0 Å². The minimum absolute atomic E-state index is 0.463. The number of aryl methyl sites for hydroxylation is 1. The third-order valence-corrected chi connectivity index (χ3v) is 3.88. The van der Waals surface area contributed by atoms with Crippen LogP contribution < -0.4 is 9.47 Å². The zero-order valence-corrected chi connectivity index (χ0v) is 12.7. The van der Waals surface area contributed by atoms with Gasteiger partial charge in [0.05, 0.1) is 17.8 Å². The first-order valence-electron chi connectivity index (χ1n) is 5.50. The van der Waals surface area contributed by atoms with Crippen LogP contribution in [-0.4, -0.2) is 12.1 Å². The molecule has 0 N–H and O–H groups in total. The van der Waals surface area contributed by atoms with Crippen molar-refractivity contribution in [2.45, 2.75) is 18.9 Å². The van der Waals surface area contributed by atoms with Crippen molar-refractivity contribution in [3.05, 3.63) is 39.8 Å². The molecule has 5 heteroatoms. The number of aromatic nitrogens is 1. The van der Waals surface area contributed by atoms with Crippen LogP contribution in [-0.2, 0) is 11.9 Å².